The van der Waals surface area contributed by atoms with E-state index in [1.165, 1.54) is 6.07 Å². The van der Waals surface area contributed by atoms with Crippen molar-refractivity contribution in [2.45, 2.75) is 37.9 Å². The van der Waals surface area contributed by atoms with E-state index in [0.29, 0.717) is 11.4 Å². The van der Waals surface area contributed by atoms with Crippen LogP contribution in [0.2, 0.25) is 0 Å². The molecule has 8 heteroatoms. The molecular formula is C15H18F3N3O2. The lowest BCUT2D eigenvalue weighted by atomic mass is 9.84. The van der Waals surface area contributed by atoms with Crippen molar-refractivity contribution in [1.82, 2.24) is 10.1 Å². The second-order valence-corrected chi connectivity index (χ2v) is 5.90. The highest BCUT2D eigenvalue weighted by atomic mass is 19.4. The number of hydrogen-bond acceptors (Lipinski definition) is 5. The molecule has 0 bridgehead atoms. The lowest BCUT2D eigenvalue weighted by molar-refractivity contribution is -0.137. The summed E-state index contributed by atoms with van der Waals surface area (Å²) in [6, 6.07) is 4.37. The number of alkyl halides is 3. The molecule has 1 aromatic carbocycles. The Morgan fingerprint density at radius 2 is 2.00 bits per heavy atom. The van der Waals surface area contributed by atoms with E-state index in [0.717, 1.165) is 12.1 Å². The Bertz CT molecular complexity index is 668. The molecule has 0 saturated carbocycles. The first-order valence-electron chi connectivity index (χ1n) is 7.00. The first kappa shape index (κ1) is 17.4. The lowest BCUT2D eigenvalue weighted by Gasteiger charge is -2.26. The van der Waals surface area contributed by atoms with Gasteiger partial charge in [-0.1, -0.05) is 37.2 Å². The molecule has 23 heavy (non-hydrogen) atoms. The Morgan fingerprint density at radius 3 is 2.61 bits per heavy atom. The van der Waals surface area contributed by atoms with Gasteiger partial charge in [-0.05, 0) is 11.6 Å². The fourth-order valence-corrected chi connectivity index (χ4v) is 2.01. The molecule has 0 radical (unpaired) electrons. The summed E-state index contributed by atoms with van der Waals surface area (Å²) < 4.78 is 43.2. The lowest BCUT2D eigenvalue weighted by Crippen LogP contribution is -2.44. The number of nitrogens with zero attached hydrogens (tertiary/aromatic N) is 2. The molecule has 0 saturated heterocycles. The van der Waals surface area contributed by atoms with Crippen LogP contribution < -0.4 is 5.73 Å². The van der Waals surface area contributed by atoms with E-state index < -0.39 is 23.2 Å². The maximum absolute atomic E-state index is 12.7. The van der Waals surface area contributed by atoms with Crippen LogP contribution >= 0.6 is 0 Å². The van der Waals surface area contributed by atoms with E-state index in [1.807, 2.05) is 0 Å². The van der Waals surface area contributed by atoms with Crippen molar-refractivity contribution in [2.24, 2.45) is 5.73 Å². The van der Waals surface area contributed by atoms with E-state index in [4.69, 9.17) is 15.4 Å². The number of benzene rings is 1. The summed E-state index contributed by atoms with van der Waals surface area (Å²) in [4.78, 5) is 4.19. The largest absolute Gasteiger partial charge is 0.416 e. The van der Waals surface area contributed by atoms with Crippen LogP contribution in [-0.2, 0) is 18.0 Å². The number of aromatic nitrogens is 2. The molecule has 0 aliphatic rings. The summed E-state index contributed by atoms with van der Waals surface area (Å²) in [5.41, 5.74) is 4.79. The van der Waals surface area contributed by atoms with Gasteiger partial charge in [0.05, 0.1) is 18.6 Å². The summed E-state index contributed by atoms with van der Waals surface area (Å²) in [5, 5.41) is 13.0. The Kier molecular flexibility index (Phi) is 4.76. The van der Waals surface area contributed by atoms with E-state index in [1.54, 1.807) is 19.9 Å². The Morgan fingerprint density at radius 1 is 1.30 bits per heavy atom. The molecule has 0 aliphatic carbocycles. The zero-order valence-corrected chi connectivity index (χ0v) is 12.8. The van der Waals surface area contributed by atoms with Crippen molar-refractivity contribution >= 4 is 0 Å². The normalized spacial score (nSPS) is 14.0. The highest BCUT2D eigenvalue weighted by molar-refractivity contribution is 5.27. The van der Waals surface area contributed by atoms with Gasteiger partial charge in [0.1, 0.15) is 0 Å². The van der Waals surface area contributed by atoms with Gasteiger partial charge >= 0.3 is 6.18 Å². The molecule has 126 valence electrons. The maximum atomic E-state index is 12.7. The standard InChI is InChI=1S/C15H18F3N3O2/c1-14(2,11(19)8-22)13-20-12(23-21-13)7-9-4-3-5-10(6-9)15(16,17)18/h3-6,11,22H,7-8,19H2,1-2H3/t11-/m1/s1. The number of aliphatic hydroxyl groups excluding tert-OH is 1. The van der Waals surface area contributed by atoms with Gasteiger partial charge in [0.2, 0.25) is 5.89 Å². The third-order valence-electron chi connectivity index (χ3n) is 3.78. The van der Waals surface area contributed by atoms with Gasteiger partial charge in [-0.2, -0.15) is 18.2 Å². The summed E-state index contributed by atoms with van der Waals surface area (Å²) in [7, 11) is 0. The second-order valence-electron chi connectivity index (χ2n) is 5.90. The van der Waals surface area contributed by atoms with Crippen molar-refractivity contribution < 1.29 is 22.8 Å². The molecule has 1 atom stereocenters. The topological polar surface area (TPSA) is 85.2 Å². The first-order valence-corrected chi connectivity index (χ1v) is 7.00. The van der Waals surface area contributed by atoms with Gasteiger partial charge in [-0.25, -0.2) is 0 Å². The maximum Gasteiger partial charge on any atom is 0.416 e. The van der Waals surface area contributed by atoms with E-state index in [2.05, 4.69) is 10.1 Å². The fraction of sp³-hybridized carbons (Fsp3) is 0.467. The third kappa shape index (κ3) is 3.89. The monoisotopic (exact) mass is 329 g/mol. The Balaban J connectivity index is 2.20. The summed E-state index contributed by atoms with van der Waals surface area (Å²) in [5.74, 6) is 0.499. The summed E-state index contributed by atoms with van der Waals surface area (Å²) in [6.07, 6.45) is -4.31. The molecule has 1 aromatic heterocycles. The van der Waals surface area contributed by atoms with Gasteiger partial charge in [0.15, 0.2) is 5.82 Å². The van der Waals surface area contributed by atoms with Gasteiger partial charge in [0.25, 0.3) is 0 Å². The number of rotatable bonds is 5. The molecule has 3 N–H and O–H groups in total. The average molecular weight is 329 g/mol. The quantitative estimate of drug-likeness (QED) is 0.879. The summed E-state index contributed by atoms with van der Waals surface area (Å²) in [6.45, 7) is 3.27. The van der Waals surface area contributed by atoms with E-state index in [-0.39, 0.29) is 18.9 Å². The molecule has 0 amide bonds. The predicted molar refractivity (Wildman–Crippen MR) is 76.6 cm³/mol. The van der Waals surface area contributed by atoms with Crippen molar-refractivity contribution in [3.8, 4) is 0 Å². The highest BCUT2D eigenvalue weighted by Crippen LogP contribution is 2.30. The Labute approximate surface area is 131 Å². The van der Waals surface area contributed by atoms with Gasteiger partial charge in [0, 0.05) is 11.5 Å². The number of nitrogens with two attached hydrogens (primary N) is 1. The van der Waals surface area contributed by atoms with E-state index in [9.17, 15) is 13.2 Å². The fourth-order valence-electron chi connectivity index (χ4n) is 2.01. The minimum absolute atomic E-state index is 0.0847. The minimum atomic E-state index is -4.40. The van der Waals surface area contributed by atoms with Crippen LogP contribution in [0.5, 0.6) is 0 Å². The van der Waals surface area contributed by atoms with Gasteiger partial charge in [-0.3, -0.25) is 0 Å². The number of halogens is 3. The van der Waals surface area contributed by atoms with Crippen LogP contribution in [-0.4, -0.2) is 27.9 Å². The molecule has 0 spiro atoms. The second kappa shape index (κ2) is 6.29. The molecule has 1 heterocycles. The molecule has 0 unspecified atom stereocenters. The van der Waals surface area contributed by atoms with Crippen LogP contribution in [0, 0.1) is 0 Å². The third-order valence-corrected chi connectivity index (χ3v) is 3.78. The zero-order chi connectivity index (χ0) is 17.3. The predicted octanol–water partition coefficient (Wildman–Crippen LogP) is 2.28. The SMILES string of the molecule is CC(C)(c1noc(Cc2cccc(C(F)(F)F)c2)n1)[C@H](N)CO. The van der Waals surface area contributed by atoms with Crippen LogP contribution in [0.1, 0.15) is 36.7 Å². The van der Waals surface area contributed by atoms with Gasteiger partial charge < -0.3 is 15.4 Å². The van der Waals surface area contributed by atoms with E-state index >= 15 is 0 Å². The van der Waals surface area contributed by atoms with Crippen molar-refractivity contribution in [1.29, 1.82) is 0 Å². The average Bonchev–Trinajstić information content (AvgIpc) is 2.95. The smallest absolute Gasteiger partial charge is 0.395 e. The summed E-state index contributed by atoms with van der Waals surface area (Å²) >= 11 is 0. The first-order chi connectivity index (χ1) is 10.6. The van der Waals surface area contributed by atoms with Crippen molar-refractivity contribution in [3.63, 3.8) is 0 Å². The van der Waals surface area contributed by atoms with Crippen LogP contribution in [0.25, 0.3) is 0 Å². The van der Waals surface area contributed by atoms with Crippen LogP contribution in [0.4, 0.5) is 13.2 Å². The molecule has 0 aliphatic heterocycles. The molecule has 5 nitrogen and oxygen atoms in total. The molecular weight excluding hydrogens is 311 g/mol. The highest BCUT2D eigenvalue weighted by Gasteiger charge is 2.33. The van der Waals surface area contributed by atoms with Crippen molar-refractivity contribution in [3.05, 3.63) is 47.1 Å². The molecule has 2 aromatic rings. The van der Waals surface area contributed by atoms with Crippen LogP contribution in [0.15, 0.2) is 28.8 Å². The molecule has 0 fully saturated rings. The zero-order valence-electron chi connectivity index (χ0n) is 12.8. The number of aliphatic hydroxyl groups is 1. The molecule has 2 rings (SSSR count). The van der Waals surface area contributed by atoms with Gasteiger partial charge in [-0.15, -0.1) is 0 Å². The minimum Gasteiger partial charge on any atom is -0.395 e. The Hall–Kier alpha value is -1.93. The van der Waals surface area contributed by atoms with Crippen molar-refractivity contribution in [2.75, 3.05) is 6.61 Å². The number of hydrogen-bond donors (Lipinski definition) is 2. The van der Waals surface area contributed by atoms with Crippen LogP contribution in [0.3, 0.4) is 0 Å².